The number of ketones is 1. The van der Waals surface area contributed by atoms with Crippen molar-refractivity contribution < 1.29 is 24.2 Å². The Kier molecular flexibility index (Phi) is 4.32. The van der Waals surface area contributed by atoms with Crippen molar-refractivity contribution in [3.05, 3.63) is 29.8 Å². The first-order chi connectivity index (χ1) is 10.0. The molecule has 0 bridgehead atoms. The molecule has 0 spiro atoms. The molecule has 1 aliphatic rings. The van der Waals surface area contributed by atoms with Crippen molar-refractivity contribution in [2.45, 2.75) is 11.8 Å². The number of nitrogens with one attached hydrogen (secondary N) is 3. The van der Waals surface area contributed by atoms with Gasteiger partial charge in [-0.25, -0.2) is 4.79 Å². The Morgan fingerprint density at radius 2 is 2.19 bits per heavy atom. The van der Waals surface area contributed by atoms with Crippen molar-refractivity contribution in [1.29, 1.82) is 0 Å². The lowest BCUT2D eigenvalue weighted by Gasteiger charge is -2.29. The van der Waals surface area contributed by atoms with Crippen LogP contribution < -0.4 is 16.0 Å². The van der Waals surface area contributed by atoms with E-state index in [-0.39, 0.29) is 24.2 Å². The second kappa shape index (κ2) is 6.00. The van der Waals surface area contributed by atoms with Crippen LogP contribution in [0.1, 0.15) is 5.56 Å². The molecule has 0 aliphatic carbocycles. The van der Waals surface area contributed by atoms with Crippen LogP contribution in [0, 0.1) is 0 Å². The Morgan fingerprint density at radius 1 is 1.48 bits per heavy atom. The molecule has 1 fully saturated rings. The van der Waals surface area contributed by atoms with E-state index in [0.29, 0.717) is 0 Å². The molecule has 1 aromatic carbocycles. The van der Waals surface area contributed by atoms with Gasteiger partial charge in [0.1, 0.15) is 6.04 Å². The Bertz CT molecular complexity index is 577. The zero-order chi connectivity index (χ0) is 15.5. The maximum atomic E-state index is 11.7. The SMILES string of the molecule is COC(=O)Nc1ccccc1C1(O)NCNC1C(=O)C=O. The topological polar surface area (TPSA) is 117 Å². The Morgan fingerprint density at radius 3 is 2.86 bits per heavy atom. The van der Waals surface area contributed by atoms with Crippen LogP contribution >= 0.6 is 0 Å². The molecular formula is C13H15N3O5. The van der Waals surface area contributed by atoms with Crippen molar-refractivity contribution >= 4 is 23.9 Å². The monoisotopic (exact) mass is 293 g/mol. The summed E-state index contributed by atoms with van der Waals surface area (Å²) in [7, 11) is 1.21. The lowest BCUT2D eigenvalue weighted by molar-refractivity contribution is -0.135. The van der Waals surface area contributed by atoms with E-state index in [0.717, 1.165) is 0 Å². The standard InChI is InChI=1S/C13H15N3O5/c1-21-12(19)16-9-5-3-2-4-8(9)13(20)11(10(18)6-17)14-7-15-13/h2-6,11,14-15,20H,7H2,1H3,(H,16,19). The summed E-state index contributed by atoms with van der Waals surface area (Å²) < 4.78 is 4.51. The number of aliphatic hydroxyl groups is 1. The molecule has 2 rings (SSSR count). The number of methoxy groups -OCH3 is 1. The predicted octanol–water partition coefficient (Wildman–Crippen LogP) is -0.703. The van der Waals surface area contributed by atoms with Crippen LogP contribution in [0.4, 0.5) is 10.5 Å². The van der Waals surface area contributed by atoms with Crippen LogP contribution in [-0.4, -0.2) is 43.1 Å². The minimum Gasteiger partial charge on any atom is -0.453 e. The van der Waals surface area contributed by atoms with Gasteiger partial charge in [-0.2, -0.15) is 0 Å². The first kappa shape index (κ1) is 15.1. The maximum absolute atomic E-state index is 11.7. The highest BCUT2D eigenvalue weighted by Gasteiger charge is 2.47. The van der Waals surface area contributed by atoms with Gasteiger partial charge in [-0.15, -0.1) is 0 Å². The average Bonchev–Trinajstić information content (AvgIpc) is 2.89. The Labute approximate surface area is 120 Å². The predicted molar refractivity (Wildman–Crippen MR) is 72.4 cm³/mol. The summed E-state index contributed by atoms with van der Waals surface area (Å²) in [6, 6.07) is 5.23. The normalized spacial score (nSPS) is 24.4. The molecule has 2 atom stereocenters. The summed E-state index contributed by atoms with van der Waals surface area (Å²) in [6.45, 7) is 0.132. The third-order valence-electron chi connectivity index (χ3n) is 3.24. The van der Waals surface area contributed by atoms with Crippen molar-refractivity contribution in [1.82, 2.24) is 10.6 Å². The van der Waals surface area contributed by atoms with E-state index in [1.165, 1.54) is 13.2 Å². The number of rotatable bonds is 4. The van der Waals surface area contributed by atoms with Gasteiger partial charge >= 0.3 is 6.09 Å². The smallest absolute Gasteiger partial charge is 0.411 e. The first-order valence-corrected chi connectivity index (χ1v) is 6.17. The zero-order valence-electron chi connectivity index (χ0n) is 11.3. The van der Waals surface area contributed by atoms with Gasteiger partial charge in [-0.3, -0.25) is 25.5 Å². The van der Waals surface area contributed by atoms with Gasteiger partial charge < -0.3 is 9.84 Å². The van der Waals surface area contributed by atoms with Crippen LogP contribution in [0.2, 0.25) is 0 Å². The van der Waals surface area contributed by atoms with Crippen LogP contribution in [0.3, 0.4) is 0 Å². The number of anilines is 1. The van der Waals surface area contributed by atoms with Crippen LogP contribution in [0.15, 0.2) is 24.3 Å². The summed E-state index contributed by atoms with van der Waals surface area (Å²) >= 11 is 0. The number of benzene rings is 1. The molecule has 1 amide bonds. The van der Waals surface area contributed by atoms with Gasteiger partial charge in [0.15, 0.2) is 12.0 Å². The van der Waals surface area contributed by atoms with Crippen LogP contribution in [0.5, 0.6) is 0 Å². The van der Waals surface area contributed by atoms with Gasteiger partial charge in [-0.1, -0.05) is 18.2 Å². The van der Waals surface area contributed by atoms with Crippen molar-refractivity contribution in [2.24, 2.45) is 0 Å². The number of Topliss-reactive ketones (excluding diaryl/α,β-unsaturated/α-hetero) is 1. The molecule has 1 heterocycles. The number of hydrogen-bond acceptors (Lipinski definition) is 7. The number of para-hydroxylation sites is 1. The third kappa shape index (κ3) is 2.77. The molecule has 21 heavy (non-hydrogen) atoms. The summed E-state index contributed by atoms with van der Waals surface area (Å²) in [5, 5.41) is 18.6. The number of ether oxygens (including phenoxy) is 1. The van der Waals surface area contributed by atoms with Gasteiger partial charge in [0, 0.05) is 12.2 Å². The molecule has 0 radical (unpaired) electrons. The minimum atomic E-state index is -1.81. The van der Waals surface area contributed by atoms with Crippen LogP contribution in [-0.2, 0) is 20.1 Å². The molecule has 1 saturated heterocycles. The molecule has 8 heteroatoms. The van der Waals surface area contributed by atoms with E-state index in [1.807, 2.05) is 0 Å². The lowest BCUT2D eigenvalue weighted by Crippen LogP contribution is -2.51. The quantitative estimate of drug-likeness (QED) is 0.428. The van der Waals surface area contributed by atoms with E-state index < -0.39 is 23.6 Å². The fraction of sp³-hybridized carbons (Fsp3) is 0.308. The van der Waals surface area contributed by atoms with Crippen molar-refractivity contribution in [3.8, 4) is 0 Å². The van der Waals surface area contributed by atoms with E-state index in [2.05, 4.69) is 20.7 Å². The second-order valence-electron chi connectivity index (χ2n) is 4.44. The van der Waals surface area contributed by atoms with E-state index >= 15 is 0 Å². The van der Waals surface area contributed by atoms with Gasteiger partial charge in [0.25, 0.3) is 0 Å². The summed E-state index contributed by atoms with van der Waals surface area (Å²) in [5.41, 5.74) is -1.29. The number of carbonyl (C=O) groups is 3. The molecule has 4 N–H and O–H groups in total. The third-order valence-corrected chi connectivity index (χ3v) is 3.24. The number of hydrogen-bond donors (Lipinski definition) is 4. The highest BCUT2D eigenvalue weighted by Crippen LogP contribution is 2.31. The minimum absolute atomic E-state index is 0.132. The Balaban J connectivity index is 2.42. The molecule has 0 aromatic heterocycles. The highest BCUT2D eigenvalue weighted by atomic mass is 16.5. The van der Waals surface area contributed by atoms with E-state index in [1.54, 1.807) is 18.2 Å². The first-order valence-electron chi connectivity index (χ1n) is 6.17. The zero-order valence-corrected chi connectivity index (χ0v) is 11.3. The van der Waals surface area contributed by atoms with Gasteiger partial charge in [0.05, 0.1) is 12.8 Å². The lowest BCUT2D eigenvalue weighted by atomic mass is 9.92. The average molecular weight is 293 g/mol. The van der Waals surface area contributed by atoms with E-state index in [9.17, 15) is 19.5 Å². The van der Waals surface area contributed by atoms with E-state index in [4.69, 9.17) is 0 Å². The summed E-state index contributed by atoms with van der Waals surface area (Å²) in [5.74, 6) is -0.796. The second-order valence-corrected chi connectivity index (χ2v) is 4.44. The van der Waals surface area contributed by atoms with Gasteiger partial charge in [0.2, 0.25) is 5.78 Å². The molecular weight excluding hydrogens is 278 g/mol. The molecule has 112 valence electrons. The molecule has 2 unspecified atom stereocenters. The van der Waals surface area contributed by atoms with Crippen LogP contribution in [0.25, 0.3) is 0 Å². The maximum Gasteiger partial charge on any atom is 0.411 e. The molecule has 8 nitrogen and oxygen atoms in total. The number of aldehydes is 1. The molecule has 0 saturated carbocycles. The molecule has 1 aromatic rings. The fourth-order valence-electron chi connectivity index (χ4n) is 2.25. The summed E-state index contributed by atoms with van der Waals surface area (Å²) in [4.78, 5) is 33.7. The fourth-order valence-corrected chi connectivity index (χ4v) is 2.25. The highest BCUT2D eigenvalue weighted by molar-refractivity contribution is 6.28. The van der Waals surface area contributed by atoms with Crippen molar-refractivity contribution in [3.63, 3.8) is 0 Å². The van der Waals surface area contributed by atoms with Crippen molar-refractivity contribution in [2.75, 3.05) is 19.1 Å². The largest absolute Gasteiger partial charge is 0.453 e. The molecule has 1 aliphatic heterocycles. The Hall–Kier alpha value is -2.29. The number of carbonyl (C=O) groups excluding carboxylic acids is 3. The summed E-state index contributed by atoms with van der Waals surface area (Å²) in [6.07, 6.45) is -0.568. The number of amides is 1. The van der Waals surface area contributed by atoms with Gasteiger partial charge in [-0.05, 0) is 6.07 Å².